The molecule has 1 aromatic carbocycles. The Balaban J connectivity index is 1.52. The van der Waals surface area contributed by atoms with Crippen molar-refractivity contribution in [1.29, 1.82) is 0 Å². The monoisotopic (exact) mass is 401 g/mol. The Hall–Kier alpha value is -3.26. The van der Waals surface area contributed by atoms with Crippen molar-refractivity contribution in [3.63, 3.8) is 0 Å². The van der Waals surface area contributed by atoms with Crippen LogP contribution >= 0.6 is 11.6 Å². The molecule has 0 fully saturated rings. The molecule has 8 nitrogen and oxygen atoms in total. The number of nitrogens with zero attached hydrogens (tertiary/aromatic N) is 2. The molecule has 1 atom stereocenters. The molecule has 0 aliphatic carbocycles. The number of hydrogen-bond donors (Lipinski definition) is 1. The van der Waals surface area contributed by atoms with E-state index in [2.05, 4.69) is 10.3 Å². The molecule has 3 amide bonds. The first-order valence-corrected chi connectivity index (χ1v) is 8.82. The van der Waals surface area contributed by atoms with Gasteiger partial charge in [-0.25, -0.2) is 4.98 Å². The van der Waals surface area contributed by atoms with Crippen molar-refractivity contribution in [2.75, 3.05) is 11.9 Å². The number of fused-ring (bicyclic) bond motifs is 1. The summed E-state index contributed by atoms with van der Waals surface area (Å²) in [6.45, 7) is 1.27. The molecule has 0 saturated heterocycles. The number of esters is 1. The first kappa shape index (κ1) is 19.5. The number of carbonyl (C=O) groups excluding carboxylic acids is 4. The highest BCUT2D eigenvalue weighted by atomic mass is 35.5. The zero-order valence-corrected chi connectivity index (χ0v) is 15.6. The number of pyridine rings is 1. The van der Waals surface area contributed by atoms with Crippen LogP contribution in [0.15, 0.2) is 42.6 Å². The molecule has 0 unspecified atom stereocenters. The van der Waals surface area contributed by atoms with Crippen molar-refractivity contribution in [1.82, 2.24) is 9.88 Å². The van der Waals surface area contributed by atoms with Gasteiger partial charge in [-0.1, -0.05) is 23.7 Å². The summed E-state index contributed by atoms with van der Waals surface area (Å²) in [7, 11) is 0. The molecule has 144 valence electrons. The van der Waals surface area contributed by atoms with Crippen LogP contribution in [0.25, 0.3) is 0 Å². The van der Waals surface area contributed by atoms with E-state index in [0.29, 0.717) is 16.8 Å². The second kappa shape index (κ2) is 8.18. The van der Waals surface area contributed by atoms with Crippen molar-refractivity contribution in [2.24, 2.45) is 0 Å². The van der Waals surface area contributed by atoms with Gasteiger partial charge in [0.25, 0.3) is 17.7 Å². The summed E-state index contributed by atoms with van der Waals surface area (Å²) in [4.78, 5) is 53.5. The molecule has 1 N–H and O–H groups in total. The Kier molecular flexibility index (Phi) is 5.70. The molecular formula is C19H16ClN3O5. The van der Waals surface area contributed by atoms with Gasteiger partial charge in [0.15, 0.2) is 11.3 Å². The third-order valence-corrected chi connectivity index (χ3v) is 4.41. The summed E-state index contributed by atoms with van der Waals surface area (Å²) in [6, 6.07) is 9.60. The third kappa shape index (κ3) is 4.01. The van der Waals surface area contributed by atoms with Crippen LogP contribution in [-0.4, -0.2) is 46.2 Å². The lowest BCUT2D eigenvalue weighted by Gasteiger charge is -2.16. The minimum atomic E-state index is -1.09. The normalized spacial score (nSPS) is 13.9. The van der Waals surface area contributed by atoms with Gasteiger partial charge in [0.1, 0.15) is 0 Å². The summed E-state index contributed by atoms with van der Waals surface area (Å²) in [5.74, 6) is -2.20. The zero-order valence-electron chi connectivity index (χ0n) is 14.8. The minimum absolute atomic E-state index is 0.111. The number of aromatic nitrogens is 1. The Labute approximate surface area is 165 Å². The zero-order chi connectivity index (χ0) is 20.3. The van der Waals surface area contributed by atoms with Crippen molar-refractivity contribution in [2.45, 2.75) is 19.4 Å². The number of hydrogen-bond acceptors (Lipinski definition) is 6. The van der Waals surface area contributed by atoms with E-state index in [1.165, 1.54) is 13.1 Å². The highest BCUT2D eigenvalue weighted by molar-refractivity contribution is 6.32. The van der Waals surface area contributed by atoms with Crippen molar-refractivity contribution in [3.05, 3.63) is 58.9 Å². The maximum Gasteiger partial charge on any atom is 0.308 e. The van der Waals surface area contributed by atoms with Crippen LogP contribution in [0.5, 0.6) is 0 Å². The van der Waals surface area contributed by atoms with E-state index in [1.54, 1.807) is 36.4 Å². The van der Waals surface area contributed by atoms with Crippen LogP contribution in [0.1, 0.15) is 34.1 Å². The summed E-state index contributed by atoms with van der Waals surface area (Å²) in [5, 5.41) is 2.62. The van der Waals surface area contributed by atoms with E-state index in [9.17, 15) is 19.2 Å². The standard InChI is InChI=1S/C19H16ClN3O5/c1-11(17(25)22-14-7-4-9-21-16(14)20)28-15(24)8-10-23-18(26)12-5-2-3-6-13(12)19(23)27/h2-7,9,11H,8,10H2,1H3,(H,22,25)/t11-/m0/s1. The SMILES string of the molecule is C[C@H](OC(=O)CCN1C(=O)c2ccccc2C1=O)C(=O)Nc1cccnc1Cl. The van der Waals surface area contributed by atoms with Gasteiger partial charge in [-0.2, -0.15) is 0 Å². The predicted molar refractivity (Wildman–Crippen MR) is 99.9 cm³/mol. The predicted octanol–water partition coefficient (Wildman–Crippen LogP) is 2.29. The highest BCUT2D eigenvalue weighted by Gasteiger charge is 2.35. The number of halogens is 1. The second-order valence-corrected chi connectivity index (χ2v) is 6.38. The van der Waals surface area contributed by atoms with Gasteiger partial charge in [0, 0.05) is 12.7 Å². The Morgan fingerprint density at radius 2 is 1.79 bits per heavy atom. The fourth-order valence-corrected chi connectivity index (χ4v) is 2.84. The quantitative estimate of drug-likeness (QED) is 0.452. The molecule has 0 spiro atoms. The van der Waals surface area contributed by atoms with Crippen LogP contribution in [0.3, 0.4) is 0 Å². The van der Waals surface area contributed by atoms with E-state index < -0.39 is 29.8 Å². The molecule has 0 radical (unpaired) electrons. The van der Waals surface area contributed by atoms with Crippen molar-refractivity contribution in [3.8, 4) is 0 Å². The minimum Gasteiger partial charge on any atom is -0.452 e. The van der Waals surface area contributed by atoms with Gasteiger partial charge < -0.3 is 10.1 Å². The van der Waals surface area contributed by atoms with Gasteiger partial charge in [0.2, 0.25) is 0 Å². The maximum atomic E-state index is 12.3. The lowest BCUT2D eigenvalue weighted by molar-refractivity contribution is -0.153. The number of anilines is 1. The average molecular weight is 402 g/mol. The molecule has 1 aliphatic rings. The Bertz CT molecular complexity index is 927. The van der Waals surface area contributed by atoms with Gasteiger partial charge >= 0.3 is 5.97 Å². The van der Waals surface area contributed by atoms with Gasteiger partial charge in [-0.15, -0.1) is 0 Å². The Morgan fingerprint density at radius 3 is 2.39 bits per heavy atom. The van der Waals surface area contributed by atoms with Gasteiger partial charge in [-0.3, -0.25) is 24.1 Å². The van der Waals surface area contributed by atoms with E-state index >= 15 is 0 Å². The molecule has 2 aromatic rings. The lowest BCUT2D eigenvalue weighted by Crippen LogP contribution is -2.34. The largest absolute Gasteiger partial charge is 0.452 e. The van der Waals surface area contributed by atoms with Crippen LogP contribution in [0.2, 0.25) is 5.15 Å². The molecule has 9 heteroatoms. The first-order chi connectivity index (χ1) is 13.4. The fourth-order valence-electron chi connectivity index (χ4n) is 2.67. The highest BCUT2D eigenvalue weighted by Crippen LogP contribution is 2.22. The number of amides is 3. The van der Waals surface area contributed by atoms with Crippen LogP contribution in [0, 0.1) is 0 Å². The molecule has 1 aliphatic heterocycles. The fraction of sp³-hybridized carbons (Fsp3) is 0.211. The molecule has 0 bridgehead atoms. The summed E-state index contributed by atoms with van der Waals surface area (Å²) in [5.41, 5.74) is 0.909. The molecule has 28 heavy (non-hydrogen) atoms. The molecular weight excluding hydrogens is 386 g/mol. The average Bonchev–Trinajstić information content (AvgIpc) is 2.92. The second-order valence-electron chi connectivity index (χ2n) is 6.02. The third-order valence-electron chi connectivity index (χ3n) is 4.11. The van der Waals surface area contributed by atoms with Gasteiger partial charge in [-0.05, 0) is 31.2 Å². The number of rotatable bonds is 6. The molecule has 1 aromatic heterocycles. The molecule has 3 rings (SSSR count). The topological polar surface area (TPSA) is 106 Å². The number of ether oxygens (including phenoxy) is 1. The number of imide groups is 1. The van der Waals surface area contributed by atoms with E-state index in [1.807, 2.05) is 0 Å². The summed E-state index contributed by atoms with van der Waals surface area (Å²) in [6.07, 6.45) is 0.156. The Morgan fingerprint density at radius 1 is 1.14 bits per heavy atom. The van der Waals surface area contributed by atoms with Crippen LogP contribution in [-0.2, 0) is 14.3 Å². The first-order valence-electron chi connectivity index (χ1n) is 8.44. The van der Waals surface area contributed by atoms with E-state index in [4.69, 9.17) is 16.3 Å². The number of carbonyl (C=O) groups is 4. The maximum absolute atomic E-state index is 12.3. The smallest absolute Gasteiger partial charge is 0.308 e. The summed E-state index contributed by atoms with van der Waals surface area (Å²) >= 11 is 5.86. The van der Waals surface area contributed by atoms with Crippen LogP contribution in [0.4, 0.5) is 5.69 Å². The van der Waals surface area contributed by atoms with Crippen LogP contribution < -0.4 is 5.32 Å². The summed E-state index contributed by atoms with van der Waals surface area (Å²) < 4.78 is 5.07. The van der Waals surface area contributed by atoms with Gasteiger partial charge in [0.05, 0.1) is 23.2 Å². The number of nitrogens with one attached hydrogen (secondary N) is 1. The lowest BCUT2D eigenvalue weighted by atomic mass is 10.1. The van der Waals surface area contributed by atoms with Crippen molar-refractivity contribution < 1.29 is 23.9 Å². The number of benzene rings is 1. The molecule has 2 heterocycles. The van der Waals surface area contributed by atoms with Crippen molar-refractivity contribution >= 4 is 41.0 Å². The molecule has 0 saturated carbocycles. The van der Waals surface area contributed by atoms with E-state index in [-0.39, 0.29) is 18.1 Å². The van der Waals surface area contributed by atoms with E-state index in [0.717, 1.165) is 4.90 Å².